The minimum atomic E-state index is -0.562. The average molecular weight is 405 g/mol. The molecule has 6 rings (SSSR count). The van der Waals surface area contributed by atoms with Gasteiger partial charge in [-0.25, -0.2) is 4.39 Å². The molecule has 28 heavy (non-hydrogen) atoms. The number of fused-ring (bicyclic) bond motifs is 1. The second-order valence-corrected chi connectivity index (χ2v) is 8.73. The van der Waals surface area contributed by atoms with Crippen LogP contribution in [0.2, 0.25) is 5.02 Å². The first-order valence-corrected chi connectivity index (χ1v) is 10.2. The number of nitrogens with one attached hydrogen (secondary N) is 1. The Morgan fingerprint density at radius 2 is 2.18 bits per heavy atom. The van der Waals surface area contributed by atoms with Gasteiger partial charge in [0, 0.05) is 17.5 Å². The lowest BCUT2D eigenvalue weighted by atomic mass is 9.68. The molecule has 148 valence electrons. The number of carbonyl (C=O) groups excluding carboxylic acids is 1. The quantitative estimate of drug-likeness (QED) is 0.801. The Balaban J connectivity index is 1.16. The summed E-state index contributed by atoms with van der Waals surface area (Å²) in [6.07, 6.45) is 8.49. The Morgan fingerprint density at radius 3 is 2.89 bits per heavy atom. The monoisotopic (exact) mass is 404 g/mol. The maximum absolute atomic E-state index is 13.4. The topological polar surface area (TPSA) is 69.0 Å². The van der Waals surface area contributed by atoms with Crippen molar-refractivity contribution in [1.29, 1.82) is 0 Å². The van der Waals surface area contributed by atoms with E-state index >= 15 is 0 Å². The molecule has 0 spiro atoms. The molecule has 4 aliphatic rings. The van der Waals surface area contributed by atoms with Crippen molar-refractivity contribution in [2.45, 2.75) is 56.0 Å². The van der Waals surface area contributed by atoms with Gasteiger partial charge in [0.1, 0.15) is 11.6 Å². The van der Waals surface area contributed by atoms with Gasteiger partial charge in [-0.15, -0.1) is 0 Å². The highest BCUT2D eigenvalue weighted by Crippen LogP contribution is 2.59. The number of amides is 1. The predicted molar refractivity (Wildman–Crippen MR) is 101 cm³/mol. The molecule has 1 aromatic heterocycles. The Kier molecular flexibility index (Phi) is 4.30. The molecule has 2 bridgehead atoms. The number of hydrogen-bond acceptors (Lipinski definition) is 4. The van der Waals surface area contributed by atoms with Crippen LogP contribution in [0.5, 0.6) is 5.75 Å². The number of rotatable bonds is 6. The normalized spacial score (nSPS) is 28.5. The summed E-state index contributed by atoms with van der Waals surface area (Å²) in [7, 11) is 0. The van der Waals surface area contributed by atoms with Crippen LogP contribution < -0.4 is 10.1 Å². The summed E-state index contributed by atoms with van der Waals surface area (Å²) in [6, 6.07) is 4.74. The summed E-state index contributed by atoms with van der Waals surface area (Å²) in [5.74, 6) is 0.0110. The van der Waals surface area contributed by atoms with Crippen LogP contribution in [0.15, 0.2) is 24.4 Å². The van der Waals surface area contributed by atoms with Gasteiger partial charge in [-0.1, -0.05) is 11.6 Å². The number of hydrogen-bond donors (Lipinski definition) is 1. The second-order valence-electron chi connectivity index (χ2n) is 8.33. The molecular formula is C20H22ClFN4O2. The van der Waals surface area contributed by atoms with Crippen LogP contribution in [0.1, 0.15) is 50.3 Å². The summed E-state index contributed by atoms with van der Waals surface area (Å²) < 4.78 is 18.8. The van der Waals surface area contributed by atoms with Gasteiger partial charge in [0.25, 0.3) is 5.91 Å². The maximum Gasteiger partial charge on any atom is 0.258 e. The second kappa shape index (κ2) is 6.72. The Hall–Kier alpha value is -2.15. The lowest BCUT2D eigenvalue weighted by Gasteiger charge is -2.36. The van der Waals surface area contributed by atoms with Crippen LogP contribution in [-0.4, -0.2) is 33.5 Å². The third-order valence-corrected chi connectivity index (χ3v) is 6.85. The molecule has 4 fully saturated rings. The van der Waals surface area contributed by atoms with Gasteiger partial charge in [0.05, 0.1) is 23.0 Å². The summed E-state index contributed by atoms with van der Waals surface area (Å²) in [6.45, 7) is -0.144. The molecule has 1 N–H and O–H groups in total. The molecule has 1 aromatic carbocycles. The van der Waals surface area contributed by atoms with Gasteiger partial charge in [0.15, 0.2) is 6.61 Å². The van der Waals surface area contributed by atoms with E-state index in [4.69, 9.17) is 21.4 Å². The number of carbonyl (C=O) groups is 1. The van der Waals surface area contributed by atoms with E-state index in [-0.39, 0.29) is 34.7 Å². The van der Waals surface area contributed by atoms with Gasteiger partial charge in [-0.2, -0.15) is 15.0 Å². The van der Waals surface area contributed by atoms with Gasteiger partial charge < -0.3 is 10.1 Å². The molecule has 1 amide bonds. The first kappa shape index (κ1) is 17.9. The number of nitrogens with zero attached hydrogens (tertiary/aromatic N) is 3. The maximum atomic E-state index is 13.4. The molecule has 4 saturated carbocycles. The van der Waals surface area contributed by atoms with Crippen LogP contribution in [0, 0.1) is 11.7 Å². The molecule has 4 aliphatic carbocycles. The van der Waals surface area contributed by atoms with Crippen LogP contribution in [0.25, 0.3) is 0 Å². The molecule has 0 aliphatic heterocycles. The van der Waals surface area contributed by atoms with E-state index in [1.807, 2.05) is 11.0 Å². The zero-order chi connectivity index (χ0) is 19.3. The number of ether oxygens (including phenoxy) is 1. The van der Waals surface area contributed by atoms with E-state index in [9.17, 15) is 9.18 Å². The molecular weight excluding hydrogens is 383 g/mol. The van der Waals surface area contributed by atoms with E-state index in [1.165, 1.54) is 31.4 Å². The average Bonchev–Trinajstić information content (AvgIpc) is 3.27. The largest absolute Gasteiger partial charge is 0.484 e. The van der Waals surface area contributed by atoms with Crippen LogP contribution >= 0.6 is 11.6 Å². The molecule has 0 radical (unpaired) electrons. The lowest BCUT2D eigenvalue weighted by Crippen LogP contribution is -2.40. The van der Waals surface area contributed by atoms with Gasteiger partial charge in [0.2, 0.25) is 0 Å². The van der Waals surface area contributed by atoms with E-state index in [0.29, 0.717) is 12.0 Å². The number of benzene rings is 1. The van der Waals surface area contributed by atoms with Crippen LogP contribution in [0.3, 0.4) is 0 Å². The van der Waals surface area contributed by atoms with Crippen molar-refractivity contribution in [3.63, 3.8) is 0 Å². The summed E-state index contributed by atoms with van der Waals surface area (Å²) >= 11 is 5.65. The third-order valence-electron chi connectivity index (χ3n) is 6.55. The highest BCUT2D eigenvalue weighted by molar-refractivity contribution is 6.30. The first-order valence-electron chi connectivity index (χ1n) is 9.82. The summed E-state index contributed by atoms with van der Waals surface area (Å²) in [5, 5.41) is 12.3. The molecule has 6 nitrogen and oxygen atoms in total. The van der Waals surface area contributed by atoms with Crippen molar-refractivity contribution < 1.29 is 13.9 Å². The van der Waals surface area contributed by atoms with E-state index in [2.05, 4.69) is 10.4 Å². The fourth-order valence-corrected chi connectivity index (χ4v) is 4.86. The standard InChI is InChI=1S/C20H22ClFN4O2/c21-15-5-4-14(6-16(15)22)28-11-19(27)24-17-9-20(7-12(17)8-20)18-10-23-26(25-18)13-2-1-3-13/h4-6,10,12-13,17H,1-3,7-9,11H2,(H,24,27)/t12?,17-,20?/m0/s1. The van der Waals surface area contributed by atoms with Crippen LogP contribution in [-0.2, 0) is 10.2 Å². The minimum Gasteiger partial charge on any atom is -0.484 e. The predicted octanol–water partition coefficient (Wildman–Crippen LogP) is 3.41. The van der Waals surface area contributed by atoms with Crippen molar-refractivity contribution in [2.24, 2.45) is 5.92 Å². The summed E-state index contributed by atoms with van der Waals surface area (Å²) in [4.78, 5) is 14.2. The fourth-order valence-electron chi connectivity index (χ4n) is 4.74. The van der Waals surface area contributed by atoms with Crippen molar-refractivity contribution in [3.05, 3.63) is 40.9 Å². The minimum absolute atomic E-state index is 0.0297. The third kappa shape index (κ3) is 3.05. The zero-order valence-electron chi connectivity index (χ0n) is 15.4. The smallest absolute Gasteiger partial charge is 0.258 e. The van der Waals surface area contributed by atoms with E-state index in [1.54, 1.807) is 6.07 Å². The number of aromatic nitrogens is 3. The van der Waals surface area contributed by atoms with E-state index < -0.39 is 5.82 Å². The van der Waals surface area contributed by atoms with Crippen molar-refractivity contribution >= 4 is 17.5 Å². The van der Waals surface area contributed by atoms with Crippen molar-refractivity contribution in [2.75, 3.05) is 6.61 Å². The molecule has 0 saturated heterocycles. The molecule has 1 atom stereocenters. The Morgan fingerprint density at radius 1 is 1.36 bits per heavy atom. The highest BCUT2D eigenvalue weighted by Gasteiger charge is 2.58. The SMILES string of the molecule is O=C(COc1ccc(Cl)c(F)c1)N[C@H]1CC2(c3cnn(C4CCC4)n3)CC1C2. The van der Waals surface area contributed by atoms with Gasteiger partial charge in [-0.3, -0.25) is 4.79 Å². The fraction of sp³-hybridized carbons (Fsp3) is 0.550. The van der Waals surface area contributed by atoms with Crippen molar-refractivity contribution in [3.8, 4) is 5.75 Å². The van der Waals surface area contributed by atoms with Crippen LogP contribution in [0.4, 0.5) is 4.39 Å². The molecule has 8 heteroatoms. The molecule has 1 heterocycles. The zero-order valence-corrected chi connectivity index (χ0v) is 16.2. The van der Waals surface area contributed by atoms with Gasteiger partial charge >= 0.3 is 0 Å². The van der Waals surface area contributed by atoms with Gasteiger partial charge in [-0.05, 0) is 56.6 Å². The van der Waals surface area contributed by atoms with E-state index in [0.717, 1.165) is 25.0 Å². The first-order chi connectivity index (χ1) is 13.5. The Bertz CT molecular complexity index is 907. The number of halogens is 2. The highest BCUT2D eigenvalue weighted by atomic mass is 35.5. The van der Waals surface area contributed by atoms with Crippen molar-refractivity contribution in [1.82, 2.24) is 20.3 Å². The molecule has 0 unspecified atom stereocenters. The molecule has 2 aromatic rings. The summed E-state index contributed by atoms with van der Waals surface area (Å²) in [5.41, 5.74) is 1.13. The Labute approximate surface area is 167 Å². The lowest BCUT2D eigenvalue weighted by molar-refractivity contribution is -0.124.